The summed E-state index contributed by atoms with van der Waals surface area (Å²) in [4.78, 5) is 11.3. The van der Waals surface area contributed by atoms with E-state index in [-0.39, 0.29) is 0 Å². The van der Waals surface area contributed by atoms with Gasteiger partial charge in [0, 0.05) is 6.21 Å². The van der Waals surface area contributed by atoms with Crippen LogP contribution in [0.3, 0.4) is 0 Å². The quantitative estimate of drug-likeness (QED) is 0.637. The number of aliphatic imine (C=N–C) groups is 1. The number of aromatic amines is 1. The first kappa shape index (κ1) is 7.03. The van der Waals surface area contributed by atoms with Crippen LogP contribution < -0.4 is 0 Å². The molecule has 0 atom stereocenters. The Hall–Kier alpha value is -1.64. The first-order valence-corrected chi connectivity index (χ1v) is 3.82. The molecule has 0 radical (unpaired) electrons. The topological polar surface area (TPSA) is 41.0 Å². The summed E-state index contributed by atoms with van der Waals surface area (Å²) >= 11 is 0. The minimum Gasteiger partial charge on any atom is -0.345 e. The Bertz CT molecular complexity index is 414. The van der Waals surface area contributed by atoms with Crippen molar-refractivity contribution in [3.05, 3.63) is 24.5 Å². The van der Waals surface area contributed by atoms with E-state index >= 15 is 0 Å². The van der Waals surface area contributed by atoms with Crippen molar-refractivity contribution in [1.82, 2.24) is 9.97 Å². The molecule has 1 N–H and O–H groups in total. The van der Waals surface area contributed by atoms with Gasteiger partial charge in [0.25, 0.3) is 0 Å². The second kappa shape index (κ2) is 2.77. The molecule has 0 spiro atoms. The summed E-state index contributed by atoms with van der Waals surface area (Å²) in [6.07, 6.45) is 3.46. The molecular formula is C9H9N3. The Morgan fingerprint density at radius 3 is 3.25 bits per heavy atom. The standard InChI is InChI=1S/C9H9N3/c1-2-10-7-3-4-8-9(5-7)12-6-11-8/h2-6H,1H3,(H,11,12)/b10-2+. The van der Waals surface area contributed by atoms with Gasteiger partial charge in [-0.3, -0.25) is 4.99 Å². The summed E-state index contributed by atoms with van der Waals surface area (Å²) in [5.74, 6) is 0. The van der Waals surface area contributed by atoms with Gasteiger partial charge in [0.2, 0.25) is 0 Å². The Labute approximate surface area is 70.2 Å². The van der Waals surface area contributed by atoms with E-state index in [2.05, 4.69) is 15.0 Å². The van der Waals surface area contributed by atoms with Gasteiger partial charge in [-0.15, -0.1) is 0 Å². The van der Waals surface area contributed by atoms with Crippen LogP contribution >= 0.6 is 0 Å². The summed E-state index contributed by atoms with van der Waals surface area (Å²) in [7, 11) is 0. The maximum Gasteiger partial charge on any atom is 0.0931 e. The van der Waals surface area contributed by atoms with Gasteiger partial charge in [0.05, 0.1) is 23.0 Å². The molecule has 2 rings (SSSR count). The van der Waals surface area contributed by atoms with E-state index in [4.69, 9.17) is 0 Å². The second-order valence-corrected chi connectivity index (χ2v) is 2.49. The lowest BCUT2D eigenvalue weighted by atomic mass is 10.3. The third-order valence-corrected chi connectivity index (χ3v) is 1.68. The van der Waals surface area contributed by atoms with Gasteiger partial charge in [-0.1, -0.05) is 0 Å². The zero-order chi connectivity index (χ0) is 8.39. The van der Waals surface area contributed by atoms with Crippen LogP contribution in [0.4, 0.5) is 5.69 Å². The van der Waals surface area contributed by atoms with Crippen molar-refractivity contribution in [1.29, 1.82) is 0 Å². The van der Waals surface area contributed by atoms with Gasteiger partial charge < -0.3 is 4.98 Å². The molecule has 0 saturated heterocycles. The molecule has 0 unspecified atom stereocenters. The van der Waals surface area contributed by atoms with Crippen molar-refractivity contribution < 1.29 is 0 Å². The monoisotopic (exact) mass is 159 g/mol. The number of imidazole rings is 1. The number of aromatic nitrogens is 2. The lowest BCUT2D eigenvalue weighted by Crippen LogP contribution is -1.69. The summed E-state index contributed by atoms with van der Waals surface area (Å²) in [5.41, 5.74) is 2.94. The number of H-pyrrole nitrogens is 1. The van der Waals surface area contributed by atoms with Crippen LogP contribution in [0.15, 0.2) is 29.5 Å². The molecule has 2 aromatic rings. The van der Waals surface area contributed by atoms with Crippen LogP contribution in [0.25, 0.3) is 11.0 Å². The predicted octanol–water partition coefficient (Wildman–Crippen LogP) is 2.29. The maximum absolute atomic E-state index is 4.16. The molecule has 1 aromatic heterocycles. The van der Waals surface area contributed by atoms with E-state index in [1.165, 1.54) is 0 Å². The SMILES string of the molecule is C/C=N/c1ccc2[nH]cnc2c1. The smallest absolute Gasteiger partial charge is 0.0931 e. The van der Waals surface area contributed by atoms with Gasteiger partial charge in [-0.25, -0.2) is 4.98 Å². The normalized spacial score (nSPS) is 11.4. The summed E-state index contributed by atoms with van der Waals surface area (Å²) < 4.78 is 0. The van der Waals surface area contributed by atoms with E-state index in [0.717, 1.165) is 16.7 Å². The number of nitrogens with zero attached hydrogens (tertiary/aromatic N) is 2. The molecule has 0 aliphatic rings. The molecule has 0 bridgehead atoms. The van der Waals surface area contributed by atoms with Crippen molar-refractivity contribution in [3.63, 3.8) is 0 Å². The van der Waals surface area contributed by atoms with Gasteiger partial charge in [0.1, 0.15) is 0 Å². The molecule has 0 amide bonds. The van der Waals surface area contributed by atoms with Crippen LogP contribution in [-0.2, 0) is 0 Å². The van der Waals surface area contributed by atoms with E-state index in [0.29, 0.717) is 0 Å². The Kier molecular flexibility index (Phi) is 1.63. The molecule has 3 heteroatoms. The minimum absolute atomic E-state index is 0.942. The number of benzene rings is 1. The molecule has 1 heterocycles. The van der Waals surface area contributed by atoms with Crippen molar-refractivity contribution in [2.24, 2.45) is 4.99 Å². The fourth-order valence-electron chi connectivity index (χ4n) is 1.15. The largest absolute Gasteiger partial charge is 0.345 e. The van der Waals surface area contributed by atoms with Crippen LogP contribution in [0, 0.1) is 0 Å². The zero-order valence-corrected chi connectivity index (χ0v) is 6.78. The number of rotatable bonds is 1. The summed E-state index contributed by atoms with van der Waals surface area (Å²) in [6.45, 7) is 1.90. The highest BCUT2D eigenvalue weighted by Gasteiger charge is 1.95. The fourth-order valence-corrected chi connectivity index (χ4v) is 1.15. The van der Waals surface area contributed by atoms with Crippen molar-refractivity contribution in [2.45, 2.75) is 6.92 Å². The molecule has 12 heavy (non-hydrogen) atoms. The van der Waals surface area contributed by atoms with Crippen LogP contribution in [0.5, 0.6) is 0 Å². The number of nitrogens with one attached hydrogen (secondary N) is 1. The molecule has 0 fully saturated rings. The average molecular weight is 159 g/mol. The van der Waals surface area contributed by atoms with Crippen LogP contribution in [-0.4, -0.2) is 16.2 Å². The second-order valence-electron chi connectivity index (χ2n) is 2.49. The maximum atomic E-state index is 4.16. The van der Waals surface area contributed by atoms with E-state index in [1.54, 1.807) is 12.5 Å². The third kappa shape index (κ3) is 1.09. The molecule has 60 valence electrons. The van der Waals surface area contributed by atoms with Crippen molar-refractivity contribution in [2.75, 3.05) is 0 Å². The number of hydrogen-bond donors (Lipinski definition) is 1. The van der Waals surface area contributed by atoms with Gasteiger partial charge in [-0.05, 0) is 25.1 Å². The molecule has 1 aromatic carbocycles. The van der Waals surface area contributed by atoms with Crippen LogP contribution in [0.1, 0.15) is 6.92 Å². The van der Waals surface area contributed by atoms with Gasteiger partial charge in [-0.2, -0.15) is 0 Å². The van der Waals surface area contributed by atoms with Crippen molar-refractivity contribution >= 4 is 22.9 Å². The molecule has 0 aliphatic heterocycles. The minimum atomic E-state index is 0.942. The first-order valence-electron chi connectivity index (χ1n) is 3.82. The predicted molar refractivity (Wildman–Crippen MR) is 49.9 cm³/mol. The third-order valence-electron chi connectivity index (χ3n) is 1.68. The average Bonchev–Trinajstić information content (AvgIpc) is 2.51. The Morgan fingerprint density at radius 2 is 2.42 bits per heavy atom. The number of fused-ring (bicyclic) bond motifs is 1. The van der Waals surface area contributed by atoms with Crippen LogP contribution in [0.2, 0.25) is 0 Å². The molecular weight excluding hydrogens is 150 g/mol. The molecule has 3 nitrogen and oxygen atoms in total. The fraction of sp³-hybridized carbons (Fsp3) is 0.111. The highest BCUT2D eigenvalue weighted by atomic mass is 14.9. The van der Waals surface area contributed by atoms with Gasteiger partial charge >= 0.3 is 0 Å². The highest BCUT2D eigenvalue weighted by Crippen LogP contribution is 2.17. The Morgan fingerprint density at radius 1 is 1.50 bits per heavy atom. The van der Waals surface area contributed by atoms with E-state index in [9.17, 15) is 0 Å². The highest BCUT2D eigenvalue weighted by molar-refractivity contribution is 5.78. The first-order chi connectivity index (χ1) is 5.90. The molecule has 0 aliphatic carbocycles. The summed E-state index contributed by atoms with van der Waals surface area (Å²) in [5, 5.41) is 0. The summed E-state index contributed by atoms with van der Waals surface area (Å²) in [6, 6.07) is 5.89. The van der Waals surface area contributed by atoms with Crippen molar-refractivity contribution in [3.8, 4) is 0 Å². The lowest BCUT2D eigenvalue weighted by Gasteiger charge is -1.91. The zero-order valence-electron chi connectivity index (χ0n) is 6.78. The molecule has 0 saturated carbocycles. The van der Waals surface area contributed by atoms with Gasteiger partial charge in [0.15, 0.2) is 0 Å². The lowest BCUT2D eigenvalue weighted by molar-refractivity contribution is 1.34. The Balaban J connectivity index is 2.60. The van der Waals surface area contributed by atoms with E-state index < -0.39 is 0 Å². The number of hydrogen-bond acceptors (Lipinski definition) is 2. The van der Waals surface area contributed by atoms with E-state index in [1.807, 2.05) is 25.1 Å².